The molecule has 0 aromatic carbocycles. The predicted octanol–water partition coefficient (Wildman–Crippen LogP) is -0.864. The number of thiophene rings is 1. The van der Waals surface area contributed by atoms with Crippen LogP contribution in [0.2, 0.25) is 0 Å². The standard InChI is InChI=1S/C12H15N5O4S2/c1-15(9-4-6-23(20,21)8-9)10(18)7-16-12(19)17(14-13-16)11-3-2-5-22-11/h2-3,5,9H,4,6-8H2,1H3. The lowest BCUT2D eigenvalue weighted by molar-refractivity contribution is -0.132. The summed E-state index contributed by atoms with van der Waals surface area (Å²) < 4.78 is 25.1. The van der Waals surface area contributed by atoms with Gasteiger partial charge in [0.05, 0.1) is 11.5 Å². The van der Waals surface area contributed by atoms with Gasteiger partial charge in [0, 0.05) is 13.1 Å². The van der Waals surface area contributed by atoms with Crippen LogP contribution in [-0.2, 0) is 21.2 Å². The molecule has 1 fully saturated rings. The van der Waals surface area contributed by atoms with Crippen LogP contribution in [0.5, 0.6) is 0 Å². The number of sulfone groups is 1. The van der Waals surface area contributed by atoms with Crippen LogP contribution < -0.4 is 5.69 Å². The van der Waals surface area contributed by atoms with Crippen molar-refractivity contribution < 1.29 is 13.2 Å². The van der Waals surface area contributed by atoms with E-state index in [-0.39, 0.29) is 30.0 Å². The van der Waals surface area contributed by atoms with Crippen LogP contribution >= 0.6 is 11.3 Å². The fourth-order valence-electron chi connectivity index (χ4n) is 2.43. The van der Waals surface area contributed by atoms with Crippen molar-refractivity contribution in [2.75, 3.05) is 18.6 Å². The molecule has 1 aliphatic rings. The molecule has 0 radical (unpaired) electrons. The molecule has 1 saturated heterocycles. The van der Waals surface area contributed by atoms with Crippen molar-refractivity contribution >= 4 is 27.1 Å². The molecule has 1 aliphatic heterocycles. The van der Waals surface area contributed by atoms with Crippen LogP contribution in [0.3, 0.4) is 0 Å². The van der Waals surface area contributed by atoms with Crippen molar-refractivity contribution in [1.29, 1.82) is 0 Å². The average molecular weight is 357 g/mol. The number of hydrogen-bond acceptors (Lipinski definition) is 7. The zero-order valence-electron chi connectivity index (χ0n) is 12.3. The monoisotopic (exact) mass is 357 g/mol. The Morgan fingerprint density at radius 3 is 2.87 bits per heavy atom. The van der Waals surface area contributed by atoms with E-state index in [1.807, 2.05) is 0 Å². The first kappa shape index (κ1) is 15.9. The van der Waals surface area contributed by atoms with Gasteiger partial charge in [0.25, 0.3) is 0 Å². The normalized spacial score (nSPS) is 19.8. The molecule has 2 aromatic rings. The van der Waals surface area contributed by atoms with E-state index in [1.54, 1.807) is 24.6 Å². The second-order valence-corrected chi connectivity index (χ2v) is 8.50. The van der Waals surface area contributed by atoms with Gasteiger partial charge in [-0.2, -0.15) is 9.36 Å². The van der Waals surface area contributed by atoms with Crippen molar-refractivity contribution in [1.82, 2.24) is 24.7 Å². The van der Waals surface area contributed by atoms with Crippen molar-refractivity contribution in [2.45, 2.75) is 19.0 Å². The maximum Gasteiger partial charge on any atom is 0.369 e. The smallest absolute Gasteiger partial charge is 0.340 e. The van der Waals surface area contributed by atoms with Crippen molar-refractivity contribution in [3.8, 4) is 5.00 Å². The number of carbonyl (C=O) groups is 1. The first-order chi connectivity index (χ1) is 10.9. The third-order valence-corrected chi connectivity index (χ3v) is 6.38. The van der Waals surface area contributed by atoms with Gasteiger partial charge in [0.1, 0.15) is 11.5 Å². The van der Waals surface area contributed by atoms with E-state index in [4.69, 9.17) is 0 Å². The lowest BCUT2D eigenvalue weighted by atomic mass is 10.2. The molecule has 0 N–H and O–H groups in total. The molecule has 23 heavy (non-hydrogen) atoms. The molecule has 124 valence electrons. The summed E-state index contributed by atoms with van der Waals surface area (Å²) in [5.74, 6) is -0.317. The molecule has 1 unspecified atom stereocenters. The molecule has 9 nitrogen and oxygen atoms in total. The number of nitrogens with zero attached hydrogens (tertiary/aromatic N) is 5. The third-order valence-electron chi connectivity index (χ3n) is 3.79. The van der Waals surface area contributed by atoms with Crippen molar-refractivity contribution in [2.24, 2.45) is 0 Å². The number of carbonyl (C=O) groups excluding carboxylic acids is 1. The minimum atomic E-state index is -3.07. The summed E-state index contributed by atoms with van der Waals surface area (Å²) in [4.78, 5) is 25.8. The van der Waals surface area contributed by atoms with Gasteiger partial charge in [0.2, 0.25) is 5.91 Å². The van der Waals surface area contributed by atoms with Crippen LogP contribution in [-0.4, -0.2) is 63.6 Å². The van der Waals surface area contributed by atoms with Gasteiger partial charge in [0.15, 0.2) is 9.84 Å². The number of hydrogen-bond donors (Lipinski definition) is 0. The molecule has 0 spiro atoms. The number of likely N-dealkylation sites (N-methyl/N-ethyl adjacent to an activating group) is 1. The van der Waals surface area contributed by atoms with E-state index in [1.165, 1.54) is 16.2 Å². The first-order valence-electron chi connectivity index (χ1n) is 6.90. The molecule has 3 rings (SSSR count). The largest absolute Gasteiger partial charge is 0.369 e. The van der Waals surface area contributed by atoms with Crippen molar-refractivity contribution in [3.05, 3.63) is 28.0 Å². The molecule has 0 saturated carbocycles. The minimum absolute atomic E-state index is 0.0357. The van der Waals surface area contributed by atoms with Gasteiger partial charge in [-0.15, -0.1) is 11.3 Å². The van der Waals surface area contributed by atoms with Gasteiger partial charge in [-0.3, -0.25) is 4.79 Å². The third kappa shape index (κ3) is 3.20. The number of aromatic nitrogens is 4. The zero-order valence-corrected chi connectivity index (χ0v) is 14.0. The van der Waals surface area contributed by atoms with Gasteiger partial charge in [-0.25, -0.2) is 13.2 Å². The quantitative estimate of drug-likeness (QED) is 0.704. The summed E-state index contributed by atoms with van der Waals surface area (Å²) in [7, 11) is -1.53. The highest BCUT2D eigenvalue weighted by Crippen LogP contribution is 2.16. The van der Waals surface area contributed by atoms with Crippen LogP contribution in [0, 0.1) is 0 Å². The zero-order chi connectivity index (χ0) is 16.6. The Morgan fingerprint density at radius 2 is 2.26 bits per heavy atom. The molecule has 0 aliphatic carbocycles. The molecule has 2 aromatic heterocycles. The Bertz CT molecular complexity index is 868. The van der Waals surface area contributed by atoms with Gasteiger partial charge < -0.3 is 4.90 Å². The van der Waals surface area contributed by atoms with Crippen LogP contribution in [0.15, 0.2) is 22.3 Å². The Balaban J connectivity index is 1.73. The number of tetrazole rings is 1. The van der Waals surface area contributed by atoms with Crippen molar-refractivity contribution in [3.63, 3.8) is 0 Å². The lowest BCUT2D eigenvalue weighted by Gasteiger charge is -2.22. The highest BCUT2D eigenvalue weighted by Gasteiger charge is 2.33. The summed E-state index contributed by atoms with van der Waals surface area (Å²) in [6, 6.07) is 3.16. The topological polar surface area (TPSA) is 107 Å². The molecule has 1 atom stereocenters. The van der Waals surface area contributed by atoms with Gasteiger partial charge in [-0.1, -0.05) is 0 Å². The average Bonchev–Trinajstić information content (AvgIpc) is 3.20. The summed E-state index contributed by atoms with van der Waals surface area (Å²) >= 11 is 1.33. The molecule has 1 amide bonds. The Kier molecular flexibility index (Phi) is 4.06. The molecular weight excluding hydrogens is 342 g/mol. The van der Waals surface area contributed by atoms with Crippen LogP contribution in [0.1, 0.15) is 6.42 Å². The van der Waals surface area contributed by atoms with Gasteiger partial charge in [-0.05, 0) is 34.4 Å². The Morgan fingerprint density at radius 1 is 1.48 bits per heavy atom. The summed E-state index contributed by atoms with van der Waals surface area (Å²) in [5, 5.41) is 9.88. The SMILES string of the molecule is CN(C(=O)Cn1nnn(-c2cccs2)c1=O)C1CCS(=O)(=O)C1. The van der Waals surface area contributed by atoms with E-state index >= 15 is 0 Å². The molecule has 0 bridgehead atoms. The molecule has 3 heterocycles. The summed E-state index contributed by atoms with van der Waals surface area (Å²) in [6.07, 6.45) is 0.418. The van der Waals surface area contributed by atoms with E-state index < -0.39 is 15.5 Å². The van der Waals surface area contributed by atoms with Crippen LogP contribution in [0.4, 0.5) is 0 Å². The van der Waals surface area contributed by atoms with E-state index in [2.05, 4.69) is 10.4 Å². The second kappa shape index (κ2) is 5.89. The summed E-state index contributed by atoms with van der Waals surface area (Å²) in [5.41, 5.74) is -0.506. The van der Waals surface area contributed by atoms with E-state index in [0.29, 0.717) is 11.4 Å². The molecule has 11 heteroatoms. The fourth-order valence-corrected chi connectivity index (χ4v) is 4.87. The van der Waals surface area contributed by atoms with Crippen LogP contribution in [0.25, 0.3) is 5.00 Å². The highest BCUT2D eigenvalue weighted by atomic mass is 32.2. The Hall–Kier alpha value is -2.01. The molecular formula is C12H15N5O4S2. The second-order valence-electron chi connectivity index (χ2n) is 5.34. The number of amides is 1. The predicted molar refractivity (Wildman–Crippen MR) is 83.3 cm³/mol. The minimum Gasteiger partial charge on any atom is -0.340 e. The first-order valence-corrected chi connectivity index (χ1v) is 9.60. The van der Waals surface area contributed by atoms with E-state index in [9.17, 15) is 18.0 Å². The summed E-state index contributed by atoms with van der Waals surface area (Å²) in [6.45, 7) is -0.267. The highest BCUT2D eigenvalue weighted by molar-refractivity contribution is 7.91. The number of rotatable bonds is 4. The maximum atomic E-state index is 12.3. The van der Waals surface area contributed by atoms with Gasteiger partial charge >= 0.3 is 5.69 Å². The Labute approximate surface area is 136 Å². The van der Waals surface area contributed by atoms with E-state index in [0.717, 1.165) is 9.36 Å². The lowest BCUT2D eigenvalue weighted by Crippen LogP contribution is -2.41. The maximum absolute atomic E-state index is 12.3. The fraction of sp³-hybridized carbons (Fsp3) is 0.500.